The van der Waals surface area contributed by atoms with Gasteiger partial charge in [0.05, 0.1) is 6.54 Å². The number of anilines is 1. The highest BCUT2D eigenvalue weighted by Crippen LogP contribution is 2.19. The van der Waals surface area contributed by atoms with Crippen LogP contribution < -0.4 is 10.5 Å². The van der Waals surface area contributed by atoms with Crippen molar-refractivity contribution < 1.29 is 9.53 Å². The summed E-state index contributed by atoms with van der Waals surface area (Å²) in [7, 11) is 0. The number of likely N-dealkylation sites (tertiary alicyclic amines) is 1. The molecule has 1 aromatic carbocycles. The average molecular weight is 220 g/mol. The third-order valence-corrected chi connectivity index (χ3v) is 2.77. The van der Waals surface area contributed by atoms with Crippen LogP contribution in [0.15, 0.2) is 24.3 Å². The first-order chi connectivity index (χ1) is 7.65. The third kappa shape index (κ3) is 2.45. The predicted octanol–water partition coefficient (Wildman–Crippen LogP) is 1.27. The first-order valence-electron chi connectivity index (χ1n) is 5.43. The van der Waals surface area contributed by atoms with Crippen molar-refractivity contribution in [1.82, 2.24) is 4.90 Å². The molecule has 0 aliphatic carbocycles. The van der Waals surface area contributed by atoms with Gasteiger partial charge in [-0.2, -0.15) is 0 Å². The number of hydrogen-bond acceptors (Lipinski definition) is 3. The van der Waals surface area contributed by atoms with Crippen molar-refractivity contribution in [3.05, 3.63) is 24.3 Å². The molecule has 0 aromatic heterocycles. The molecule has 16 heavy (non-hydrogen) atoms. The second-order valence-corrected chi connectivity index (χ2v) is 4.06. The van der Waals surface area contributed by atoms with Crippen LogP contribution in [-0.4, -0.2) is 30.0 Å². The van der Waals surface area contributed by atoms with Crippen molar-refractivity contribution in [1.29, 1.82) is 0 Å². The summed E-state index contributed by atoms with van der Waals surface area (Å²) in [6.07, 6.45) is 0.997. The van der Waals surface area contributed by atoms with Crippen molar-refractivity contribution in [2.45, 2.75) is 19.4 Å². The Morgan fingerprint density at radius 2 is 2.12 bits per heavy atom. The quantitative estimate of drug-likeness (QED) is 0.763. The molecule has 1 fully saturated rings. The summed E-state index contributed by atoms with van der Waals surface area (Å²) in [6, 6.07) is 7.33. The number of carbonyl (C=O) groups is 1. The first-order valence-corrected chi connectivity index (χ1v) is 5.43. The molecule has 0 unspecified atom stereocenters. The van der Waals surface area contributed by atoms with E-state index in [4.69, 9.17) is 10.5 Å². The second kappa shape index (κ2) is 4.43. The maximum absolute atomic E-state index is 11.1. The predicted molar refractivity (Wildman–Crippen MR) is 62.1 cm³/mol. The Morgan fingerprint density at radius 3 is 2.69 bits per heavy atom. The SMILES string of the molecule is CC(=O)N1CC[C@H](Oc2ccc(N)cc2)C1. The molecule has 1 saturated heterocycles. The topological polar surface area (TPSA) is 55.6 Å². The summed E-state index contributed by atoms with van der Waals surface area (Å²) in [4.78, 5) is 13.0. The zero-order valence-electron chi connectivity index (χ0n) is 9.35. The molecule has 1 aromatic rings. The molecular formula is C12H16N2O2. The van der Waals surface area contributed by atoms with Gasteiger partial charge in [0, 0.05) is 25.6 Å². The highest BCUT2D eigenvalue weighted by atomic mass is 16.5. The zero-order chi connectivity index (χ0) is 11.5. The first kappa shape index (κ1) is 10.8. The number of hydrogen-bond donors (Lipinski definition) is 1. The van der Waals surface area contributed by atoms with Crippen LogP contribution in [0.3, 0.4) is 0 Å². The van der Waals surface area contributed by atoms with E-state index in [0.29, 0.717) is 6.54 Å². The molecule has 4 nitrogen and oxygen atoms in total. The lowest BCUT2D eigenvalue weighted by Crippen LogP contribution is -2.28. The fourth-order valence-corrected chi connectivity index (χ4v) is 1.85. The van der Waals surface area contributed by atoms with Crippen molar-refractivity contribution >= 4 is 11.6 Å². The van der Waals surface area contributed by atoms with E-state index in [1.165, 1.54) is 0 Å². The summed E-state index contributed by atoms with van der Waals surface area (Å²) in [5.41, 5.74) is 6.31. The number of nitrogens with two attached hydrogens (primary N) is 1. The third-order valence-electron chi connectivity index (χ3n) is 2.77. The average Bonchev–Trinajstić information content (AvgIpc) is 2.70. The number of nitrogen functional groups attached to an aromatic ring is 1. The highest BCUT2D eigenvalue weighted by molar-refractivity contribution is 5.73. The van der Waals surface area contributed by atoms with E-state index < -0.39 is 0 Å². The molecule has 1 amide bonds. The van der Waals surface area contributed by atoms with Crippen LogP contribution in [0.2, 0.25) is 0 Å². The van der Waals surface area contributed by atoms with Crippen LogP contribution in [0.25, 0.3) is 0 Å². The molecule has 0 saturated carbocycles. The molecule has 86 valence electrons. The minimum absolute atomic E-state index is 0.104. The van der Waals surface area contributed by atoms with Gasteiger partial charge in [-0.15, -0.1) is 0 Å². The molecule has 1 atom stereocenters. The van der Waals surface area contributed by atoms with Gasteiger partial charge in [-0.3, -0.25) is 4.79 Å². The smallest absolute Gasteiger partial charge is 0.219 e. The maximum Gasteiger partial charge on any atom is 0.219 e. The van der Waals surface area contributed by atoms with E-state index in [1.54, 1.807) is 6.92 Å². The van der Waals surface area contributed by atoms with E-state index in [-0.39, 0.29) is 12.0 Å². The van der Waals surface area contributed by atoms with E-state index in [9.17, 15) is 4.79 Å². The molecule has 0 radical (unpaired) electrons. The van der Waals surface area contributed by atoms with Crippen LogP contribution in [-0.2, 0) is 4.79 Å². The summed E-state index contributed by atoms with van der Waals surface area (Å²) >= 11 is 0. The number of carbonyl (C=O) groups excluding carboxylic acids is 1. The molecule has 1 aliphatic heterocycles. The monoisotopic (exact) mass is 220 g/mol. The van der Waals surface area contributed by atoms with E-state index in [0.717, 1.165) is 24.4 Å². The van der Waals surface area contributed by atoms with Gasteiger partial charge in [-0.1, -0.05) is 0 Å². The molecule has 1 heterocycles. The van der Waals surface area contributed by atoms with Crippen LogP contribution >= 0.6 is 0 Å². The fraction of sp³-hybridized carbons (Fsp3) is 0.417. The lowest BCUT2D eigenvalue weighted by Gasteiger charge is -2.15. The minimum Gasteiger partial charge on any atom is -0.489 e. The van der Waals surface area contributed by atoms with E-state index in [2.05, 4.69) is 0 Å². The molecule has 0 bridgehead atoms. The van der Waals surface area contributed by atoms with Crippen molar-refractivity contribution in [3.63, 3.8) is 0 Å². The zero-order valence-corrected chi connectivity index (χ0v) is 9.35. The van der Waals surface area contributed by atoms with Crippen LogP contribution in [0.5, 0.6) is 5.75 Å². The normalized spacial score (nSPS) is 19.8. The lowest BCUT2D eigenvalue weighted by atomic mass is 10.3. The summed E-state index contributed by atoms with van der Waals surface area (Å²) < 4.78 is 5.76. The Kier molecular flexibility index (Phi) is 2.99. The number of nitrogens with zero attached hydrogens (tertiary/aromatic N) is 1. The maximum atomic E-state index is 11.1. The second-order valence-electron chi connectivity index (χ2n) is 4.06. The van der Waals surface area contributed by atoms with Gasteiger partial charge in [0.25, 0.3) is 0 Å². The van der Waals surface area contributed by atoms with Gasteiger partial charge in [0.15, 0.2) is 0 Å². The number of amides is 1. The number of ether oxygens (including phenoxy) is 1. The van der Waals surface area contributed by atoms with Crippen molar-refractivity contribution in [3.8, 4) is 5.75 Å². The largest absolute Gasteiger partial charge is 0.489 e. The Hall–Kier alpha value is -1.71. The lowest BCUT2D eigenvalue weighted by molar-refractivity contribution is -0.128. The molecule has 0 spiro atoms. The van der Waals surface area contributed by atoms with Crippen molar-refractivity contribution in [2.24, 2.45) is 0 Å². The van der Waals surface area contributed by atoms with Gasteiger partial charge in [0.1, 0.15) is 11.9 Å². The molecule has 1 aliphatic rings. The van der Waals surface area contributed by atoms with Crippen LogP contribution in [0, 0.1) is 0 Å². The van der Waals surface area contributed by atoms with Gasteiger partial charge >= 0.3 is 0 Å². The van der Waals surface area contributed by atoms with Gasteiger partial charge in [-0.25, -0.2) is 0 Å². The molecule has 2 rings (SSSR count). The van der Waals surface area contributed by atoms with E-state index >= 15 is 0 Å². The summed E-state index contributed by atoms with van der Waals surface area (Å²) in [5.74, 6) is 0.924. The van der Waals surface area contributed by atoms with Gasteiger partial charge in [0.2, 0.25) is 5.91 Å². The number of rotatable bonds is 2. The van der Waals surface area contributed by atoms with Gasteiger partial charge < -0.3 is 15.4 Å². The Balaban J connectivity index is 1.92. The van der Waals surface area contributed by atoms with Crippen molar-refractivity contribution in [2.75, 3.05) is 18.8 Å². The summed E-state index contributed by atoms with van der Waals surface area (Å²) in [6.45, 7) is 3.06. The van der Waals surface area contributed by atoms with E-state index in [1.807, 2.05) is 29.2 Å². The van der Waals surface area contributed by atoms with Crippen LogP contribution in [0.1, 0.15) is 13.3 Å². The molecular weight excluding hydrogens is 204 g/mol. The summed E-state index contributed by atoms with van der Waals surface area (Å²) in [5, 5.41) is 0. The highest BCUT2D eigenvalue weighted by Gasteiger charge is 2.25. The number of benzene rings is 1. The Bertz CT molecular complexity index is 375. The Morgan fingerprint density at radius 1 is 1.44 bits per heavy atom. The fourth-order valence-electron chi connectivity index (χ4n) is 1.85. The molecule has 2 N–H and O–H groups in total. The minimum atomic E-state index is 0.104. The van der Waals surface area contributed by atoms with Gasteiger partial charge in [-0.05, 0) is 24.3 Å². The standard InChI is InChI=1S/C12H16N2O2/c1-9(15)14-7-6-12(8-14)16-11-4-2-10(13)3-5-11/h2-5,12H,6-8,13H2,1H3/t12-/m0/s1. The van der Waals surface area contributed by atoms with Crippen LogP contribution in [0.4, 0.5) is 5.69 Å². The Labute approximate surface area is 95.0 Å². The molecule has 4 heteroatoms.